The lowest BCUT2D eigenvalue weighted by Crippen LogP contribution is -2.50. The van der Waals surface area contributed by atoms with E-state index in [2.05, 4.69) is 10.2 Å². The molecule has 2 heterocycles. The summed E-state index contributed by atoms with van der Waals surface area (Å²) in [5, 5.41) is 8.14. The van der Waals surface area contributed by atoms with Gasteiger partial charge < -0.3 is 19.3 Å². The Bertz CT molecular complexity index is 1090. The number of benzene rings is 2. The van der Waals surface area contributed by atoms with E-state index in [-0.39, 0.29) is 11.8 Å². The van der Waals surface area contributed by atoms with Crippen LogP contribution in [0.5, 0.6) is 11.6 Å². The van der Waals surface area contributed by atoms with Gasteiger partial charge in [0.2, 0.25) is 5.88 Å². The minimum absolute atomic E-state index is 0.0418. The van der Waals surface area contributed by atoms with Crippen LogP contribution in [-0.2, 0) is 0 Å². The monoisotopic (exact) mass is 432 g/mol. The highest BCUT2D eigenvalue weighted by Gasteiger charge is 2.25. The number of piperazine rings is 1. The topological polar surface area (TPSA) is 84.9 Å². The Kier molecular flexibility index (Phi) is 6.30. The molecule has 2 aromatic carbocycles. The zero-order chi connectivity index (χ0) is 22.5. The van der Waals surface area contributed by atoms with Gasteiger partial charge in [0.1, 0.15) is 5.75 Å². The second-order valence-electron chi connectivity index (χ2n) is 7.35. The maximum Gasteiger partial charge on any atom is 0.253 e. The fourth-order valence-corrected chi connectivity index (χ4v) is 3.61. The average Bonchev–Trinajstić information content (AvgIpc) is 2.88. The molecule has 0 N–H and O–H groups in total. The minimum atomic E-state index is -0.0649. The first kappa shape index (κ1) is 21.3. The normalized spacial score (nSPS) is 13.6. The Morgan fingerprint density at radius 1 is 0.750 bits per heavy atom. The number of carbonyl (C=O) groups is 2. The number of ether oxygens (including phenoxy) is 2. The third-order valence-corrected chi connectivity index (χ3v) is 5.45. The lowest BCUT2D eigenvalue weighted by Gasteiger charge is -2.35. The quantitative estimate of drug-likeness (QED) is 0.616. The predicted molar refractivity (Wildman–Crippen MR) is 119 cm³/mol. The van der Waals surface area contributed by atoms with Crippen LogP contribution in [0.15, 0.2) is 60.7 Å². The first-order chi connectivity index (χ1) is 15.6. The molecule has 1 fully saturated rings. The van der Waals surface area contributed by atoms with Crippen LogP contribution < -0.4 is 9.47 Å². The first-order valence-corrected chi connectivity index (χ1v) is 10.3. The molecule has 32 heavy (non-hydrogen) atoms. The Morgan fingerprint density at radius 2 is 1.41 bits per heavy atom. The molecule has 8 nitrogen and oxygen atoms in total. The van der Waals surface area contributed by atoms with Gasteiger partial charge in [-0.1, -0.05) is 12.1 Å². The van der Waals surface area contributed by atoms with E-state index < -0.39 is 0 Å². The molecule has 164 valence electrons. The van der Waals surface area contributed by atoms with E-state index in [0.717, 1.165) is 5.56 Å². The number of rotatable bonds is 5. The smallest absolute Gasteiger partial charge is 0.253 e. The summed E-state index contributed by atoms with van der Waals surface area (Å²) in [4.78, 5) is 29.4. The highest BCUT2D eigenvalue weighted by atomic mass is 16.5. The van der Waals surface area contributed by atoms with Crippen LogP contribution in [0.25, 0.3) is 11.3 Å². The third kappa shape index (κ3) is 4.54. The van der Waals surface area contributed by atoms with Gasteiger partial charge in [-0.25, -0.2) is 0 Å². The van der Waals surface area contributed by atoms with Crippen LogP contribution in [0.2, 0.25) is 0 Å². The highest BCUT2D eigenvalue weighted by Crippen LogP contribution is 2.21. The maximum atomic E-state index is 13.1. The van der Waals surface area contributed by atoms with Crippen LogP contribution in [0, 0.1) is 0 Å². The third-order valence-electron chi connectivity index (χ3n) is 5.45. The van der Waals surface area contributed by atoms with Crippen molar-refractivity contribution in [1.82, 2.24) is 20.0 Å². The van der Waals surface area contributed by atoms with Gasteiger partial charge in [-0.3, -0.25) is 9.59 Å². The van der Waals surface area contributed by atoms with E-state index in [0.29, 0.717) is 54.6 Å². The van der Waals surface area contributed by atoms with Gasteiger partial charge in [0.05, 0.1) is 19.9 Å². The number of hydrogen-bond donors (Lipinski definition) is 0. The summed E-state index contributed by atoms with van der Waals surface area (Å²) < 4.78 is 10.2. The molecule has 0 bridgehead atoms. The van der Waals surface area contributed by atoms with Crippen molar-refractivity contribution in [1.29, 1.82) is 0 Å². The molecule has 1 aromatic heterocycles. The van der Waals surface area contributed by atoms with Crippen molar-refractivity contribution < 1.29 is 19.1 Å². The van der Waals surface area contributed by atoms with E-state index in [1.165, 1.54) is 7.11 Å². The summed E-state index contributed by atoms with van der Waals surface area (Å²) in [7, 11) is 3.13. The molecule has 4 rings (SSSR count). The summed E-state index contributed by atoms with van der Waals surface area (Å²) in [6.07, 6.45) is 0. The minimum Gasteiger partial charge on any atom is -0.497 e. The van der Waals surface area contributed by atoms with Crippen molar-refractivity contribution >= 4 is 11.8 Å². The van der Waals surface area contributed by atoms with Crippen molar-refractivity contribution in [2.24, 2.45) is 0 Å². The molecule has 1 aliphatic rings. The fraction of sp³-hybridized carbons (Fsp3) is 0.250. The van der Waals surface area contributed by atoms with Gasteiger partial charge in [0, 0.05) is 48.9 Å². The number of methoxy groups -OCH3 is 2. The average molecular weight is 432 g/mol. The van der Waals surface area contributed by atoms with E-state index in [1.54, 1.807) is 59.4 Å². The van der Waals surface area contributed by atoms with Crippen LogP contribution >= 0.6 is 0 Å². The maximum absolute atomic E-state index is 13.1. The van der Waals surface area contributed by atoms with Crippen molar-refractivity contribution in [2.45, 2.75) is 0 Å². The Morgan fingerprint density at radius 3 is 1.97 bits per heavy atom. The lowest BCUT2D eigenvalue weighted by atomic mass is 10.1. The van der Waals surface area contributed by atoms with E-state index in [4.69, 9.17) is 9.47 Å². The Hall–Kier alpha value is -3.94. The van der Waals surface area contributed by atoms with Crippen LogP contribution in [0.1, 0.15) is 20.7 Å². The SMILES string of the molecule is COc1ccc(C(=O)N2CCN(C(=O)c3cccc(-c4ccc(OC)nn4)c3)CC2)cc1. The molecule has 0 spiro atoms. The molecular formula is C24H24N4O4. The Labute approximate surface area is 186 Å². The summed E-state index contributed by atoms with van der Waals surface area (Å²) in [5.74, 6) is 1.03. The highest BCUT2D eigenvalue weighted by molar-refractivity contribution is 5.96. The van der Waals surface area contributed by atoms with Crippen LogP contribution in [-0.4, -0.2) is 72.2 Å². The number of carbonyl (C=O) groups excluding carboxylic acids is 2. The number of amides is 2. The van der Waals surface area contributed by atoms with Gasteiger partial charge in [-0.15, -0.1) is 10.2 Å². The second-order valence-corrected chi connectivity index (χ2v) is 7.35. The van der Waals surface area contributed by atoms with E-state index in [1.807, 2.05) is 18.2 Å². The van der Waals surface area contributed by atoms with Crippen LogP contribution in [0.4, 0.5) is 0 Å². The molecule has 0 atom stereocenters. The first-order valence-electron chi connectivity index (χ1n) is 10.3. The molecule has 0 radical (unpaired) electrons. The Balaban J connectivity index is 1.40. The zero-order valence-electron chi connectivity index (χ0n) is 18.0. The molecule has 1 saturated heterocycles. The zero-order valence-corrected chi connectivity index (χ0v) is 18.0. The number of aromatic nitrogens is 2. The van der Waals surface area contributed by atoms with Crippen molar-refractivity contribution in [3.8, 4) is 22.9 Å². The summed E-state index contributed by atoms with van der Waals surface area (Å²) in [6, 6.07) is 17.9. The van der Waals surface area contributed by atoms with Crippen LogP contribution in [0.3, 0.4) is 0 Å². The van der Waals surface area contributed by atoms with Crippen molar-refractivity contribution in [3.63, 3.8) is 0 Å². The summed E-state index contributed by atoms with van der Waals surface area (Å²) in [5.41, 5.74) is 2.66. The standard InChI is InChI=1S/C24H24N4O4/c1-31-20-8-6-17(7-9-20)23(29)27-12-14-28(15-13-27)24(30)19-5-3-4-18(16-19)21-10-11-22(32-2)26-25-21/h3-11,16H,12-15H2,1-2H3. The molecule has 1 aliphatic heterocycles. The van der Waals surface area contributed by atoms with E-state index in [9.17, 15) is 9.59 Å². The van der Waals surface area contributed by atoms with Gasteiger partial charge in [0.25, 0.3) is 11.8 Å². The summed E-state index contributed by atoms with van der Waals surface area (Å²) in [6.45, 7) is 1.93. The predicted octanol–water partition coefficient (Wildman–Crippen LogP) is 2.76. The molecule has 8 heteroatoms. The molecule has 0 unspecified atom stereocenters. The molecule has 3 aromatic rings. The lowest BCUT2D eigenvalue weighted by molar-refractivity contribution is 0.0535. The number of nitrogens with zero attached hydrogens (tertiary/aromatic N) is 4. The number of hydrogen-bond acceptors (Lipinski definition) is 6. The second kappa shape index (κ2) is 9.47. The fourth-order valence-electron chi connectivity index (χ4n) is 3.61. The van der Waals surface area contributed by atoms with Gasteiger partial charge in [-0.05, 0) is 42.5 Å². The van der Waals surface area contributed by atoms with Crippen molar-refractivity contribution in [2.75, 3.05) is 40.4 Å². The molecule has 0 saturated carbocycles. The van der Waals surface area contributed by atoms with E-state index >= 15 is 0 Å². The molecular weight excluding hydrogens is 408 g/mol. The summed E-state index contributed by atoms with van der Waals surface area (Å²) >= 11 is 0. The van der Waals surface area contributed by atoms with Gasteiger partial charge in [0.15, 0.2) is 0 Å². The molecule has 0 aliphatic carbocycles. The van der Waals surface area contributed by atoms with Gasteiger partial charge in [-0.2, -0.15) is 0 Å². The largest absolute Gasteiger partial charge is 0.497 e. The molecule has 2 amide bonds. The van der Waals surface area contributed by atoms with Crippen molar-refractivity contribution in [3.05, 3.63) is 71.8 Å². The van der Waals surface area contributed by atoms with Gasteiger partial charge >= 0.3 is 0 Å².